The Balaban J connectivity index is 1.66. The van der Waals surface area contributed by atoms with Gasteiger partial charge in [0.05, 0.1) is 5.56 Å². The van der Waals surface area contributed by atoms with E-state index in [9.17, 15) is 4.79 Å². The average molecular weight is 324 g/mol. The van der Waals surface area contributed by atoms with Gasteiger partial charge < -0.3 is 5.32 Å². The number of fused-ring (bicyclic) bond motifs is 1. The van der Waals surface area contributed by atoms with Gasteiger partial charge >= 0.3 is 0 Å². The van der Waals surface area contributed by atoms with E-state index in [-0.39, 0.29) is 5.91 Å². The molecule has 0 aromatic carbocycles. The van der Waals surface area contributed by atoms with Crippen molar-refractivity contribution in [2.75, 3.05) is 13.1 Å². The number of nitrogens with one attached hydrogen (secondary N) is 1. The summed E-state index contributed by atoms with van der Waals surface area (Å²) in [7, 11) is 0. The van der Waals surface area contributed by atoms with E-state index in [0.717, 1.165) is 17.4 Å². The standard InChI is InChI=1S/C14H18BrN3O/c15-11-7-10(8-16-9-11)14(19)17-12-4-6-18-5-2-1-3-13(12)18/h7-9,12-13H,1-6H2,(H,17,19)/t12-,13-/m1/s1. The minimum atomic E-state index is -0.00813. The molecule has 5 heteroatoms. The molecule has 2 atom stereocenters. The van der Waals surface area contributed by atoms with Crippen LogP contribution in [0.5, 0.6) is 0 Å². The number of nitrogens with zero attached hydrogens (tertiary/aromatic N) is 2. The lowest BCUT2D eigenvalue weighted by Crippen LogP contribution is -2.46. The maximum absolute atomic E-state index is 12.2. The van der Waals surface area contributed by atoms with E-state index in [4.69, 9.17) is 0 Å². The van der Waals surface area contributed by atoms with Crippen LogP contribution in [0.4, 0.5) is 0 Å². The minimum absolute atomic E-state index is 0.00813. The third-order valence-corrected chi connectivity index (χ3v) is 4.57. The molecule has 0 saturated carbocycles. The molecule has 0 unspecified atom stereocenters. The number of carbonyl (C=O) groups excluding carboxylic acids is 1. The quantitative estimate of drug-likeness (QED) is 0.907. The van der Waals surface area contributed by atoms with Crippen molar-refractivity contribution in [1.82, 2.24) is 15.2 Å². The van der Waals surface area contributed by atoms with E-state index in [1.165, 1.54) is 25.8 Å². The fourth-order valence-corrected chi connectivity index (χ4v) is 3.57. The van der Waals surface area contributed by atoms with E-state index < -0.39 is 0 Å². The number of rotatable bonds is 2. The van der Waals surface area contributed by atoms with E-state index in [1.807, 2.05) is 6.07 Å². The second kappa shape index (κ2) is 5.59. The van der Waals surface area contributed by atoms with E-state index >= 15 is 0 Å². The summed E-state index contributed by atoms with van der Waals surface area (Å²) in [5, 5.41) is 3.18. The molecule has 1 amide bonds. The van der Waals surface area contributed by atoms with Crippen molar-refractivity contribution in [3.63, 3.8) is 0 Å². The lowest BCUT2D eigenvalue weighted by molar-refractivity contribution is 0.0915. The maximum atomic E-state index is 12.2. The maximum Gasteiger partial charge on any atom is 0.253 e. The molecule has 2 aliphatic rings. The van der Waals surface area contributed by atoms with Gasteiger partial charge in [0.15, 0.2) is 0 Å². The predicted molar refractivity (Wildman–Crippen MR) is 77.0 cm³/mol. The van der Waals surface area contributed by atoms with Crippen LogP contribution in [0.2, 0.25) is 0 Å². The molecule has 1 N–H and O–H groups in total. The van der Waals surface area contributed by atoms with E-state index in [2.05, 4.69) is 31.1 Å². The highest BCUT2D eigenvalue weighted by atomic mass is 79.9. The Labute approximate surface area is 121 Å². The number of amides is 1. The van der Waals surface area contributed by atoms with Gasteiger partial charge in [0.1, 0.15) is 0 Å². The molecule has 102 valence electrons. The van der Waals surface area contributed by atoms with Crippen molar-refractivity contribution in [1.29, 1.82) is 0 Å². The summed E-state index contributed by atoms with van der Waals surface area (Å²) in [5.41, 5.74) is 0.628. The molecule has 2 fully saturated rings. The third kappa shape index (κ3) is 2.82. The van der Waals surface area contributed by atoms with Crippen molar-refractivity contribution in [3.8, 4) is 0 Å². The van der Waals surface area contributed by atoms with Gasteiger partial charge in [-0.1, -0.05) is 6.42 Å². The van der Waals surface area contributed by atoms with Crippen LogP contribution in [-0.4, -0.2) is 41.0 Å². The first kappa shape index (κ1) is 13.1. The molecular weight excluding hydrogens is 306 g/mol. The van der Waals surface area contributed by atoms with Gasteiger partial charge in [-0.3, -0.25) is 14.7 Å². The van der Waals surface area contributed by atoms with Crippen LogP contribution >= 0.6 is 15.9 Å². The Kier molecular flexibility index (Phi) is 3.84. The highest BCUT2D eigenvalue weighted by molar-refractivity contribution is 9.10. The van der Waals surface area contributed by atoms with E-state index in [1.54, 1.807) is 12.4 Å². The number of hydrogen-bond donors (Lipinski definition) is 1. The SMILES string of the molecule is O=C(N[C@@H]1CCN2CCCC[C@H]12)c1cncc(Br)c1. The van der Waals surface area contributed by atoms with Crippen LogP contribution in [0, 0.1) is 0 Å². The van der Waals surface area contributed by atoms with Gasteiger partial charge in [0.25, 0.3) is 5.91 Å². The Hall–Kier alpha value is -0.940. The minimum Gasteiger partial charge on any atom is -0.348 e. The van der Waals surface area contributed by atoms with Crippen LogP contribution in [0.15, 0.2) is 22.9 Å². The average Bonchev–Trinajstić information content (AvgIpc) is 2.82. The van der Waals surface area contributed by atoms with Gasteiger partial charge in [0, 0.05) is 35.5 Å². The number of halogens is 1. The molecular formula is C14H18BrN3O. The zero-order valence-electron chi connectivity index (χ0n) is 10.8. The molecule has 3 rings (SSSR count). The molecule has 1 aromatic rings. The molecule has 0 spiro atoms. The van der Waals surface area contributed by atoms with Gasteiger partial charge in [-0.2, -0.15) is 0 Å². The van der Waals surface area contributed by atoms with Crippen molar-refractivity contribution in [3.05, 3.63) is 28.5 Å². The fourth-order valence-electron chi connectivity index (χ4n) is 3.20. The van der Waals surface area contributed by atoms with Gasteiger partial charge in [-0.15, -0.1) is 0 Å². The first-order valence-electron chi connectivity index (χ1n) is 6.89. The molecule has 2 saturated heterocycles. The number of hydrogen-bond acceptors (Lipinski definition) is 3. The summed E-state index contributed by atoms with van der Waals surface area (Å²) >= 11 is 3.35. The second-order valence-corrected chi connectivity index (χ2v) is 6.28. The largest absolute Gasteiger partial charge is 0.348 e. The summed E-state index contributed by atoms with van der Waals surface area (Å²) in [4.78, 5) is 18.8. The van der Waals surface area contributed by atoms with Gasteiger partial charge in [-0.05, 0) is 47.8 Å². The molecule has 0 aliphatic carbocycles. The van der Waals surface area contributed by atoms with Crippen LogP contribution in [0.3, 0.4) is 0 Å². The van der Waals surface area contributed by atoms with Gasteiger partial charge in [0.2, 0.25) is 0 Å². The van der Waals surface area contributed by atoms with Crippen LogP contribution in [0.1, 0.15) is 36.0 Å². The number of pyridine rings is 1. The lowest BCUT2D eigenvalue weighted by atomic mass is 9.99. The van der Waals surface area contributed by atoms with Crippen molar-refractivity contribution in [2.45, 2.75) is 37.8 Å². The first-order chi connectivity index (χ1) is 9.24. The fraction of sp³-hybridized carbons (Fsp3) is 0.571. The monoisotopic (exact) mass is 323 g/mol. The second-order valence-electron chi connectivity index (χ2n) is 5.36. The summed E-state index contributed by atoms with van der Waals surface area (Å²) in [6, 6.07) is 2.65. The topological polar surface area (TPSA) is 45.2 Å². The smallest absolute Gasteiger partial charge is 0.253 e. The van der Waals surface area contributed by atoms with Gasteiger partial charge in [-0.25, -0.2) is 0 Å². The van der Waals surface area contributed by atoms with Crippen LogP contribution in [0.25, 0.3) is 0 Å². The molecule has 2 aliphatic heterocycles. The van der Waals surface area contributed by atoms with Crippen molar-refractivity contribution < 1.29 is 4.79 Å². The number of carbonyl (C=O) groups is 1. The summed E-state index contributed by atoms with van der Waals surface area (Å²) in [6.07, 6.45) is 8.17. The summed E-state index contributed by atoms with van der Waals surface area (Å²) in [6.45, 7) is 2.31. The summed E-state index contributed by atoms with van der Waals surface area (Å²) < 4.78 is 0.839. The van der Waals surface area contributed by atoms with Crippen molar-refractivity contribution in [2.24, 2.45) is 0 Å². The molecule has 1 aromatic heterocycles. The molecule has 3 heterocycles. The van der Waals surface area contributed by atoms with Crippen LogP contribution in [-0.2, 0) is 0 Å². The zero-order chi connectivity index (χ0) is 13.2. The van der Waals surface area contributed by atoms with Crippen LogP contribution < -0.4 is 5.32 Å². The third-order valence-electron chi connectivity index (χ3n) is 4.14. The highest BCUT2D eigenvalue weighted by Crippen LogP contribution is 2.27. The Bertz CT molecular complexity index is 480. The highest BCUT2D eigenvalue weighted by Gasteiger charge is 2.36. The Morgan fingerprint density at radius 2 is 2.21 bits per heavy atom. The molecule has 4 nitrogen and oxygen atoms in total. The molecule has 19 heavy (non-hydrogen) atoms. The Morgan fingerprint density at radius 3 is 3.05 bits per heavy atom. The van der Waals surface area contributed by atoms with Crippen molar-refractivity contribution >= 4 is 21.8 Å². The van der Waals surface area contributed by atoms with E-state index in [0.29, 0.717) is 17.6 Å². The zero-order valence-corrected chi connectivity index (χ0v) is 12.4. The normalized spacial score (nSPS) is 27.0. The summed E-state index contributed by atoms with van der Waals surface area (Å²) in [5.74, 6) is -0.00813. The molecule has 0 bridgehead atoms. The Morgan fingerprint density at radius 1 is 1.32 bits per heavy atom. The first-order valence-corrected chi connectivity index (χ1v) is 7.69. The number of piperidine rings is 1. The number of aromatic nitrogens is 1. The lowest BCUT2D eigenvalue weighted by Gasteiger charge is -2.32. The predicted octanol–water partition coefficient (Wildman–Crippen LogP) is 2.20. The molecule has 0 radical (unpaired) electrons.